The lowest BCUT2D eigenvalue weighted by molar-refractivity contribution is 0.448. The third-order valence-corrected chi connectivity index (χ3v) is 4.17. The van der Waals surface area contributed by atoms with E-state index in [-0.39, 0.29) is 0 Å². The molecule has 1 N–H and O–H groups in total. The highest BCUT2D eigenvalue weighted by Crippen LogP contribution is 2.34. The van der Waals surface area contributed by atoms with Crippen LogP contribution < -0.4 is 5.32 Å². The molecular weight excluding hydrogens is 216 g/mol. The molecule has 0 amide bonds. The third-order valence-electron chi connectivity index (χ3n) is 3.31. The van der Waals surface area contributed by atoms with Gasteiger partial charge in [-0.2, -0.15) is 0 Å². The van der Waals surface area contributed by atoms with Crippen molar-refractivity contribution in [3.8, 4) is 0 Å². The Morgan fingerprint density at radius 2 is 2.25 bits per heavy atom. The van der Waals surface area contributed by atoms with E-state index in [4.69, 9.17) is 0 Å². The minimum atomic E-state index is 0.551. The number of nitrogens with zero attached hydrogens (tertiary/aromatic N) is 1. The van der Waals surface area contributed by atoms with E-state index in [0.717, 1.165) is 12.5 Å². The van der Waals surface area contributed by atoms with E-state index in [1.54, 1.807) is 11.3 Å². The zero-order valence-corrected chi connectivity index (χ0v) is 11.3. The molecule has 2 rings (SSSR count). The Kier molecular flexibility index (Phi) is 3.98. The van der Waals surface area contributed by atoms with Crippen LogP contribution in [-0.2, 0) is 6.54 Å². The van der Waals surface area contributed by atoms with Gasteiger partial charge in [0, 0.05) is 18.0 Å². The minimum absolute atomic E-state index is 0.551. The van der Waals surface area contributed by atoms with Crippen molar-refractivity contribution in [2.75, 3.05) is 0 Å². The maximum absolute atomic E-state index is 4.65. The average Bonchev–Trinajstić information content (AvgIpc) is 2.97. The minimum Gasteiger partial charge on any atom is -0.307 e. The zero-order valence-electron chi connectivity index (χ0n) is 10.5. The lowest BCUT2D eigenvalue weighted by Gasteiger charge is -2.14. The van der Waals surface area contributed by atoms with Gasteiger partial charge in [0.05, 0.1) is 5.69 Å². The molecule has 16 heavy (non-hydrogen) atoms. The Labute approximate surface area is 102 Å². The number of thiazole rings is 1. The molecule has 0 aromatic carbocycles. The molecular formula is C13H22N2S. The first kappa shape index (κ1) is 12.1. The van der Waals surface area contributed by atoms with Gasteiger partial charge in [0.2, 0.25) is 0 Å². The first-order valence-electron chi connectivity index (χ1n) is 6.38. The molecule has 2 nitrogen and oxygen atoms in total. The fraction of sp³-hybridized carbons (Fsp3) is 0.769. The molecule has 1 aliphatic carbocycles. The standard InChI is InChI=1S/C13H22N2S/c1-4-11(10-5-6-10)14-7-13-15-12(8-16-13)9(2)3/h8-11,14H,4-7H2,1-3H3. The molecule has 1 saturated carbocycles. The van der Waals surface area contributed by atoms with Gasteiger partial charge in [-0.15, -0.1) is 11.3 Å². The summed E-state index contributed by atoms with van der Waals surface area (Å²) in [6.07, 6.45) is 4.08. The maximum Gasteiger partial charge on any atom is 0.107 e. The zero-order chi connectivity index (χ0) is 11.5. The summed E-state index contributed by atoms with van der Waals surface area (Å²) in [5.41, 5.74) is 1.24. The van der Waals surface area contributed by atoms with Crippen molar-refractivity contribution in [2.24, 2.45) is 5.92 Å². The molecule has 1 atom stereocenters. The van der Waals surface area contributed by atoms with Gasteiger partial charge in [-0.25, -0.2) is 4.98 Å². The first-order valence-corrected chi connectivity index (χ1v) is 7.26. The third kappa shape index (κ3) is 3.05. The molecule has 90 valence electrons. The van der Waals surface area contributed by atoms with Gasteiger partial charge in [0.15, 0.2) is 0 Å². The molecule has 1 heterocycles. The van der Waals surface area contributed by atoms with Crippen molar-refractivity contribution in [1.29, 1.82) is 0 Å². The van der Waals surface area contributed by atoms with Gasteiger partial charge in [-0.1, -0.05) is 20.8 Å². The summed E-state index contributed by atoms with van der Waals surface area (Å²) >= 11 is 1.79. The van der Waals surface area contributed by atoms with Crippen LogP contribution in [-0.4, -0.2) is 11.0 Å². The van der Waals surface area contributed by atoms with Crippen LogP contribution in [0.25, 0.3) is 0 Å². The Bertz CT molecular complexity index is 328. The molecule has 1 aromatic rings. The highest BCUT2D eigenvalue weighted by molar-refractivity contribution is 7.09. The summed E-state index contributed by atoms with van der Waals surface area (Å²) in [7, 11) is 0. The second kappa shape index (κ2) is 5.28. The number of aromatic nitrogens is 1. The van der Waals surface area contributed by atoms with Gasteiger partial charge < -0.3 is 5.32 Å². The van der Waals surface area contributed by atoms with E-state index in [1.165, 1.54) is 30.0 Å². The van der Waals surface area contributed by atoms with Crippen LogP contribution in [0.15, 0.2) is 5.38 Å². The highest BCUT2D eigenvalue weighted by Gasteiger charge is 2.29. The highest BCUT2D eigenvalue weighted by atomic mass is 32.1. The SMILES string of the molecule is CCC(NCc1nc(C(C)C)cs1)C1CC1. The van der Waals surface area contributed by atoms with E-state index in [0.29, 0.717) is 12.0 Å². The van der Waals surface area contributed by atoms with Gasteiger partial charge >= 0.3 is 0 Å². The fourth-order valence-electron chi connectivity index (χ4n) is 2.03. The molecule has 1 aromatic heterocycles. The van der Waals surface area contributed by atoms with Crippen molar-refractivity contribution in [3.05, 3.63) is 16.1 Å². The van der Waals surface area contributed by atoms with Crippen LogP contribution in [0.3, 0.4) is 0 Å². The normalized spacial score (nSPS) is 18.0. The van der Waals surface area contributed by atoms with Crippen molar-refractivity contribution in [3.63, 3.8) is 0 Å². The predicted molar refractivity (Wildman–Crippen MR) is 69.8 cm³/mol. The van der Waals surface area contributed by atoms with Crippen molar-refractivity contribution in [2.45, 2.75) is 58.5 Å². The van der Waals surface area contributed by atoms with Crippen molar-refractivity contribution in [1.82, 2.24) is 10.3 Å². The molecule has 0 bridgehead atoms. The Hall–Kier alpha value is -0.410. The summed E-state index contributed by atoms with van der Waals surface area (Å²) in [6, 6.07) is 0.714. The van der Waals surface area contributed by atoms with Crippen LogP contribution in [0.5, 0.6) is 0 Å². The second-order valence-corrected chi connectivity index (χ2v) is 6.00. The van der Waals surface area contributed by atoms with Crippen LogP contribution in [0.1, 0.15) is 56.7 Å². The molecule has 0 radical (unpaired) electrons. The predicted octanol–water partition coefficient (Wildman–Crippen LogP) is 3.54. The fourth-order valence-corrected chi connectivity index (χ4v) is 2.94. The van der Waals surface area contributed by atoms with Gasteiger partial charge in [-0.05, 0) is 31.1 Å². The number of hydrogen-bond donors (Lipinski definition) is 1. The average molecular weight is 238 g/mol. The summed E-state index contributed by atoms with van der Waals surface area (Å²) in [5, 5.41) is 7.08. The summed E-state index contributed by atoms with van der Waals surface area (Å²) < 4.78 is 0. The number of hydrogen-bond acceptors (Lipinski definition) is 3. The molecule has 1 fully saturated rings. The van der Waals surface area contributed by atoms with E-state index < -0.39 is 0 Å². The van der Waals surface area contributed by atoms with Crippen LogP contribution in [0.2, 0.25) is 0 Å². The Morgan fingerprint density at radius 1 is 1.50 bits per heavy atom. The second-order valence-electron chi connectivity index (χ2n) is 5.05. The lowest BCUT2D eigenvalue weighted by Crippen LogP contribution is -2.29. The molecule has 1 aliphatic rings. The largest absolute Gasteiger partial charge is 0.307 e. The lowest BCUT2D eigenvalue weighted by atomic mass is 10.1. The van der Waals surface area contributed by atoms with E-state index >= 15 is 0 Å². The number of nitrogens with one attached hydrogen (secondary N) is 1. The molecule has 0 spiro atoms. The van der Waals surface area contributed by atoms with Crippen molar-refractivity contribution >= 4 is 11.3 Å². The van der Waals surface area contributed by atoms with Gasteiger partial charge in [0.1, 0.15) is 5.01 Å². The summed E-state index contributed by atoms with van der Waals surface area (Å²) in [4.78, 5) is 4.65. The smallest absolute Gasteiger partial charge is 0.107 e. The first-order chi connectivity index (χ1) is 7.70. The van der Waals surface area contributed by atoms with Gasteiger partial charge in [0.25, 0.3) is 0 Å². The molecule has 1 unspecified atom stereocenters. The molecule has 0 aliphatic heterocycles. The van der Waals surface area contributed by atoms with E-state index in [9.17, 15) is 0 Å². The summed E-state index contributed by atoms with van der Waals surface area (Å²) in [5.74, 6) is 1.49. The van der Waals surface area contributed by atoms with Crippen LogP contribution in [0.4, 0.5) is 0 Å². The summed E-state index contributed by atoms with van der Waals surface area (Å²) in [6.45, 7) is 7.63. The van der Waals surface area contributed by atoms with E-state index in [2.05, 4.69) is 36.5 Å². The quantitative estimate of drug-likeness (QED) is 0.820. The van der Waals surface area contributed by atoms with Crippen molar-refractivity contribution < 1.29 is 0 Å². The molecule has 3 heteroatoms. The topological polar surface area (TPSA) is 24.9 Å². The number of rotatable bonds is 6. The monoisotopic (exact) mass is 238 g/mol. The molecule has 0 saturated heterocycles. The Balaban J connectivity index is 1.83. The maximum atomic E-state index is 4.65. The Morgan fingerprint density at radius 3 is 2.75 bits per heavy atom. The van der Waals surface area contributed by atoms with Gasteiger partial charge in [-0.3, -0.25) is 0 Å². The van der Waals surface area contributed by atoms with Crippen LogP contribution in [0, 0.1) is 5.92 Å². The van der Waals surface area contributed by atoms with Crippen LogP contribution >= 0.6 is 11.3 Å². The van der Waals surface area contributed by atoms with E-state index in [1.807, 2.05) is 0 Å².